The highest BCUT2D eigenvalue weighted by molar-refractivity contribution is 5.99. The Kier molecular flexibility index (Phi) is 7.31. The second kappa shape index (κ2) is 12.0. The predicted molar refractivity (Wildman–Crippen MR) is 184 cm³/mol. The molecule has 1 N–H and O–H groups in total. The Morgan fingerprint density at radius 3 is 1.89 bits per heavy atom. The minimum atomic E-state index is 0.635. The summed E-state index contributed by atoms with van der Waals surface area (Å²) in [7, 11) is 0. The van der Waals surface area contributed by atoms with E-state index in [4.69, 9.17) is 0 Å². The van der Waals surface area contributed by atoms with Gasteiger partial charge in [0.25, 0.3) is 0 Å². The van der Waals surface area contributed by atoms with Crippen LogP contribution in [0.5, 0.6) is 0 Å². The van der Waals surface area contributed by atoms with Crippen LogP contribution in [-0.2, 0) is 0 Å². The van der Waals surface area contributed by atoms with Gasteiger partial charge in [0.05, 0.1) is 17.3 Å². The number of benzene rings is 7. The zero-order valence-corrected chi connectivity index (χ0v) is 24.1. The van der Waals surface area contributed by atoms with E-state index in [1.165, 1.54) is 21.9 Å². The van der Waals surface area contributed by atoms with E-state index >= 15 is 0 Å². The van der Waals surface area contributed by atoms with Crippen molar-refractivity contribution < 1.29 is 0 Å². The van der Waals surface area contributed by atoms with E-state index in [2.05, 4.69) is 162 Å². The van der Waals surface area contributed by atoms with Crippen molar-refractivity contribution in [3.63, 3.8) is 0 Å². The van der Waals surface area contributed by atoms with Crippen LogP contribution in [0.2, 0.25) is 0 Å². The maximum absolute atomic E-state index is 9.20. The summed E-state index contributed by atoms with van der Waals surface area (Å²) in [6, 6.07) is 61.2. The van der Waals surface area contributed by atoms with Crippen LogP contribution >= 0.6 is 0 Å². The SMILES string of the molecule is N#Cc1cccc(Nc2ccc(-c3ccc(N(c4cccc(-c5ccccc5)c4)c4cccc5ccccc45)cc3)cc2)c1. The van der Waals surface area contributed by atoms with Gasteiger partial charge in [-0.15, -0.1) is 0 Å². The van der Waals surface area contributed by atoms with Crippen molar-refractivity contribution in [3.05, 3.63) is 175 Å². The largest absolute Gasteiger partial charge is 0.355 e. The van der Waals surface area contributed by atoms with Gasteiger partial charge in [0, 0.05) is 28.1 Å². The molecule has 208 valence electrons. The molecule has 3 nitrogen and oxygen atoms in total. The van der Waals surface area contributed by atoms with Crippen LogP contribution in [0.25, 0.3) is 33.0 Å². The third kappa shape index (κ3) is 5.53. The van der Waals surface area contributed by atoms with Crippen molar-refractivity contribution in [1.29, 1.82) is 5.26 Å². The molecule has 0 spiro atoms. The number of fused-ring (bicyclic) bond motifs is 1. The summed E-state index contributed by atoms with van der Waals surface area (Å²) in [5, 5.41) is 15.0. The van der Waals surface area contributed by atoms with Gasteiger partial charge in [0.15, 0.2) is 0 Å². The Morgan fingerprint density at radius 1 is 0.455 bits per heavy atom. The van der Waals surface area contributed by atoms with Crippen molar-refractivity contribution in [2.45, 2.75) is 0 Å². The fraction of sp³-hybridized carbons (Fsp3) is 0. The van der Waals surface area contributed by atoms with Gasteiger partial charge < -0.3 is 10.2 Å². The number of anilines is 5. The summed E-state index contributed by atoms with van der Waals surface area (Å²) in [5.41, 5.74) is 10.5. The number of hydrogen-bond acceptors (Lipinski definition) is 3. The van der Waals surface area contributed by atoms with Crippen LogP contribution in [0.3, 0.4) is 0 Å². The molecule has 44 heavy (non-hydrogen) atoms. The highest BCUT2D eigenvalue weighted by Crippen LogP contribution is 2.40. The lowest BCUT2D eigenvalue weighted by molar-refractivity contribution is 1.30. The highest BCUT2D eigenvalue weighted by atomic mass is 15.1. The lowest BCUT2D eigenvalue weighted by Crippen LogP contribution is -2.10. The van der Waals surface area contributed by atoms with Crippen molar-refractivity contribution in [2.24, 2.45) is 0 Å². The lowest BCUT2D eigenvalue weighted by Gasteiger charge is -2.27. The lowest BCUT2D eigenvalue weighted by atomic mass is 10.0. The van der Waals surface area contributed by atoms with Crippen LogP contribution in [0.1, 0.15) is 5.56 Å². The molecule has 0 aromatic heterocycles. The normalized spacial score (nSPS) is 10.7. The summed E-state index contributed by atoms with van der Waals surface area (Å²) in [5.74, 6) is 0. The van der Waals surface area contributed by atoms with Gasteiger partial charge in [-0.1, -0.05) is 109 Å². The van der Waals surface area contributed by atoms with Crippen molar-refractivity contribution in [1.82, 2.24) is 0 Å². The minimum Gasteiger partial charge on any atom is -0.355 e. The smallest absolute Gasteiger partial charge is 0.0992 e. The van der Waals surface area contributed by atoms with Gasteiger partial charge >= 0.3 is 0 Å². The number of rotatable bonds is 7. The van der Waals surface area contributed by atoms with Gasteiger partial charge in [-0.25, -0.2) is 0 Å². The van der Waals surface area contributed by atoms with E-state index in [-0.39, 0.29) is 0 Å². The van der Waals surface area contributed by atoms with Gasteiger partial charge in [0.1, 0.15) is 0 Å². The first kappa shape index (κ1) is 26.8. The van der Waals surface area contributed by atoms with Gasteiger partial charge in [-0.2, -0.15) is 5.26 Å². The average Bonchev–Trinajstić information content (AvgIpc) is 3.10. The maximum atomic E-state index is 9.20. The molecule has 0 aliphatic rings. The summed E-state index contributed by atoms with van der Waals surface area (Å²) in [4.78, 5) is 2.35. The van der Waals surface area contributed by atoms with Gasteiger partial charge in [-0.3, -0.25) is 0 Å². The van der Waals surface area contributed by atoms with Crippen LogP contribution in [0.15, 0.2) is 170 Å². The van der Waals surface area contributed by atoms with Crippen LogP contribution in [0.4, 0.5) is 28.4 Å². The first-order valence-electron chi connectivity index (χ1n) is 14.7. The Labute approximate surface area is 257 Å². The van der Waals surface area contributed by atoms with E-state index in [0.717, 1.165) is 39.6 Å². The molecule has 0 unspecified atom stereocenters. The molecule has 0 aliphatic carbocycles. The van der Waals surface area contributed by atoms with Gasteiger partial charge in [0.2, 0.25) is 0 Å². The fourth-order valence-electron chi connectivity index (χ4n) is 5.67. The highest BCUT2D eigenvalue weighted by Gasteiger charge is 2.16. The van der Waals surface area contributed by atoms with Crippen molar-refractivity contribution >= 4 is 39.2 Å². The van der Waals surface area contributed by atoms with Gasteiger partial charge in [-0.05, 0) is 88.3 Å². The molecule has 7 aromatic carbocycles. The molecule has 7 aromatic rings. The van der Waals surface area contributed by atoms with Crippen molar-refractivity contribution in [2.75, 3.05) is 10.2 Å². The number of nitrogens with one attached hydrogen (secondary N) is 1. The second-order valence-electron chi connectivity index (χ2n) is 10.7. The Morgan fingerprint density at radius 2 is 1.09 bits per heavy atom. The summed E-state index contributed by atoms with van der Waals surface area (Å²) in [6.07, 6.45) is 0. The molecule has 3 heteroatoms. The Balaban J connectivity index is 1.24. The molecule has 0 saturated heterocycles. The third-order valence-electron chi connectivity index (χ3n) is 7.84. The summed E-state index contributed by atoms with van der Waals surface area (Å²) >= 11 is 0. The minimum absolute atomic E-state index is 0.635. The first-order chi connectivity index (χ1) is 21.7. The number of nitrogens with zero attached hydrogens (tertiary/aromatic N) is 2. The molecule has 0 radical (unpaired) electrons. The molecule has 0 aliphatic heterocycles. The van der Waals surface area contributed by atoms with Crippen LogP contribution < -0.4 is 10.2 Å². The van der Waals surface area contributed by atoms with E-state index in [9.17, 15) is 5.26 Å². The van der Waals surface area contributed by atoms with E-state index in [1.807, 2.05) is 18.2 Å². The predicted octanol–water partition coefficient (Wildman–Crippen LogP) is 11.3. The number of nitriles is 1. The molecule has 0 heterocycles. The van der Waals surface area contributed by atoms with Crippen LogP contribution in [-0.4, -0.2) is 0 Å². The quantitative estimate of drug-likeness (QED) is 0.210. The van der Waals surface area contributed by atoms with E-state index in [1.54, 1.807) is 6.07 Å². The van der Waals surface area contributed by atoms with E-state index in [0.29, 0.717) is 5.56 Å². The summed E-state index contributed by atoms with van der Waals surface area (Å²) < 4.78 is 0. The Hall–Kier alpha value is -6.11. The summed E-state index contributed by atoms with van der Waals surface area (Å²) in [6.45, 7) is 0. The zero-order valence-electron chi connectivity index (χ0n) is 24.1. The third-order valence-corrected chi connectivity index (χ3v) is 7.84. The molecule has 0 bridgehead atoms. The maximum Gasteiger partial charge on any atom is 0.0992 e. The first-order valence-corrected chi connectivity index (χ1v) is 14.7. The Bertz CT molecular complexity index is 2090. The van der Waals surface area contributed by atoms with Crippen LogP contribution in [0, 0.1) is 11.3 Å². The fourth-order valence-corrected chi connectivity index (χ4v) is 5.67. The monoisotopic (exact) mass is 563 g/mol. The average molecular weight is 564 g/mol. The molecule has 0 saturated carbocycles. The molecular weight excluding hydrogens is 534 g/mol. The molecular formula is C41H29N3. The van der Waals surface area contributed by atoms with E-state index < -0.39 is 0 Å². The number of hydrogen-bond donors (Lipinski definition) is 1. The topological polar surface area (TPSA) is 39.1 Å². The molecule has 0 atom stereocenters. The molecule has 7 rings (SSSR count). The van der Waals surface area contributed by atoms with Crippen molar-refractivity contribution in [3.8, 4) is 28.3 Å². The standard InChI is InChI=1S/C41H29N3/c42-29-30-9-6-15-37(27-30)43-36-23-19-32(20-24-36)33-21-25-38(26-22-33)44(41-18-8-13-34-12-4-5-17-40(34)41)39-16-7-14-35(28-39)31-10-2-1-3-11-31/h1-28,43H. The second-order valence-corrected chi connectivity index (χ2v) is 10.7. The molecule has 0 amide bonds. The zero-order chi connectivity index (χ0) is 29.7. The molecule has 0 fully saturated rings.